The molecule has 1 aromatic carbocycles. The highest BCUT2D eigenvalue weighted by molar-refractivity contribution is 9.10. The van der Waals surface area contributed by atoms with Crippen LogP contribution in [0.2, 0.25) is 0 Å². The summed E-state index contributed by atoms with van der Waals surface area (Å²) < 4.78 is 3.21. The van der Waals surface area contributed by atoms with Crippen LogP contribution in [0.5, 0.6) is 0 Å². The Hall–Kier alpha value is -1.35. The van der Waals surface area contributed by atoms with Crippen LogP contribution in [0, 0.1) is 20.8 Å². The minimum Gasteiger partial charge on any atom is -0.286 e. The predicted molar refractivity (Wildman–Crippen MR) is 74.6 cm³/mol. The van der Waals surface area contributed by atoms with Gasteiger partial charge in [0.05, 0.1) is 11.2 Å². The highest BCUT2D eigenvalue weighted by atomic mass is 79.9. The standard InChI is InChI=1S/C14H13BrN2/c1-8-4-5-12-11(6-8)9(2)7-13-16-10(3)14(15)17(12)13/h4-7H,1-3H3. The van der Waals surface area contributed by atoms with Crippen molar-refractivity contribution in [3.63, 3.8) is 0 Å². The van der Waals surface area contributed by atoms with Gasteiger partial charge in [-0.25, -0.2) is 4.98 Å². The lowest BCUT2D eigenvalue weighted by molar-refractivity contribution is 1.20. The quantitative estimate of drug-likeness (QED) is 0.607. The van der Waals surface area contributed by atoms with E-state index in [0.717, 1.165) is 15.9 Å². The van der Waals surface area contributed by atoms with Gasteiger partial charge in [-0.05, 0) is 60.5 Å². The third-order valence-corrected chi connectivity index (χ3v) is 4.10. The molecule has 17 heavy (non-hydrogen) atoms. The van der Waals surface area contributed by atoms with E-state index in [0.29, 0.717) is 0 Å². The van der Waals surface area contributed by atoms with E-state index in [1.807, 2.05) is 6.92 Å². The number of rotatable bonds is 0. The number of halogens is 1. The van der Waals surface area contributed by atoms with Gasteiger partial charge in [0, 0.05) is 5.39 Å². The molecule has 0 unspecified atom stereocenters. The van der Waals surface area contributed by atoms with Crippen LogP contribution in [0.4, 0.5) is 0 Å². The van der Waals surface area contributed by atoms with Crippen molar-refractivity contribution in [3.05, 3.63) is 45.7 Å². The van der Waals surface area contributed by atoms with E-state index in [-0.39, 0.29) is 0 Å². The summed E-state index contributed by atoms with van der Waals surface area (Å²) in [5.41, 5.74) is 5.79. The molecule has 0 spiro atoms. The fourth-order valence-electron chi connectivity index (χ4n) is 2.29. The van der Waals surface area contributed by atoms with Gasteiger partial charge >= 0.3 is 0 Å². The Morgan fingerprint density at radius 2 is 1.88 bits per heavy atom. The monoisotopic (exact) mass is 288 g/mol. The Bertz CT molecular complexity index is 741. The van der Waals surface area contributed by atoms with E-state index < -0.39 is 0 Å². The van der Waals surface area contributed by atoms with E-state index in [1.54, 1.807) is 0 Å². The molecule has 3 aromatic rings. The first kappa shape index (κ1) is 10.8. The van der Waals surface area contributed by atoms with Gasteiger partial charge in [-0.15, -0.1) is 0 Å². The molecule has 2 nitrogen and oxygen atoms in total. The highest BCUT2D eigenvalue weighted by Gasteiger charge is 2.10. The molecule has 2 heterocycles. The van der Waals surface area contributed by atoms with Crippen LogP contribution < -0.4 is 0 Å². The Balaban J connectivity index is 2.62. The number of aromatic nitrogens is 2. The first-order valence-corrected chi connectivity index (χ1v) is 6.42. The second-order valence-corrected chi connectivity index (χ2v) is 5.28. The Morgan fingerprint density at radius 3 is 2.65 bits per heavy atom. The molecule has 3 heteroatoms. The number of pyridine rings is 1. The topological polar surface area (TPSA) is 17.3 Å². The fourth-order valence-corrected chi connectivity index (χ4v) is 2.75. The molecular formula is C14H13BrN2. The number of aryl methyl sites for hydroxylation is 3. The van der Waals surface area contributed by atoms with Crippen LogP contribution in [-0.4, -0.2) is 9.38 Å². The third kappa shape index (κ3) is 1.49. The van der Waals surface area contributed by atoms with Gasteiger partial charge in [0.15, 0.2) is 0 Å². The van der Waals surface area contributed by atoms with Gasteiger partial charge in [-0.3, -0.25) is 4.40 Å². The number of imidazole rings is 1. The van der Waals surface area contributed by atoms with Crippen LogP contribution in [-0.2, 0) is 0 Å². The Morgan fingerprint density at radius 1 is 1.12 bits per heavy atom. The van der Waals surface area contributed by atoms with Gasteiger partial charge in [-0.1, -0.05) is 11.6 Å². The third-order valence-electron chi connectivity index (χ3n) is 3.17. The summed E-state index contributed by atoms with van der Waals surface area (Å²) in [6.07, 6.45) is 0. The lowest BCUT2D eigenvalue weighted by Gasteiger charge is -2.07. The molecule has 3 rings (SSSR count). The van der Waals surface area contributed by atoms with Gasteiger partial charge in [-0.2, -0.15) is 0 Å². The second kappa shape index (κ2) is 3.57. The van der Waals surface area contributed by atoms with Crippen LogP contribution in [0.15, 0.2) is 28.9 Å². The first-order valence-electron chi connectivity index (χ1n) is 5.62. The minimum absolute atomic E-state index is 1.00. The van der Waals surface area contributed by atoms with E-state index >= 15 is 0 Å². The van der Waals surface area contributed by atoms with E-state index in [1.165, 1.54) is 22.0 Å². The van der Waals surface area contributed by atoms with Gasteiger partial charge in [0.1, 0.15) is 10.3 Å². The summed E-state index contributed by atoms with van der Waals surface area (Å²) in [5.74, 6) is 0. The maximum absolute atomic E-state index is 4.56. The molecule has 0 aliphatic heterocycles. The number of fused-ring (bicyclic) bond motifs is 3. The van der Waals surface area contributed by atoms with E-state index in [4.69, 9.17) is 0 Å². The summed E-state index contributed by atoms with van der Waals surface area (Å²) in [7, 11) is 0. The number of nitrogens with zero attached hydrogens (tertiary/aromatic N) is 2. The molecule has 0 fully saturated rings. The van der Waals surface area contributed by atoms with Crippen LogP contribution >= 0.6 is 15.9 Å². The fraction of sp³-hybridized carbons (Fsp3) is 0.214. The molecule has 0 saturated carbocycles. The van der Waals surface area contributed by atoms with Crippen molar-refractivity contribution in [3.8, 4) is 0 Å². The van der Waals surface area contributed by atoms with Crippen molar-refractivity contribution in [1.82, 2.24) is 9.38 Å². The zero-order valence-corrected chi connectivity index (χ0v) is 11.7. The lowest BCUT2D eigenvalue weighted by atomic mass is 10.1. The summed E-state index contributed by atoms with van der Waals surface area (Å²) in [6.45, 7) is 6.28. The number of hydrogen-bond donors (Lipinski definition) is 0. The smallest absolute Gasteiger partial charge is 0.138 e. The average molecular weight is 289 g/mol. The van der Waals surface area contributed by atoms with Crippen LogP contribution in [0.1, 0.15) is 16.8 Å². The van der Waals surface area contributed by atoms with Crippen molar-refractivity contribution in [2.75, 3.05) is 0 Å². The average Bonchev–Trinajstić information content (AvgIpc) is 2.55. The maximum Gasteiger partial charge on any atom is 0.138 e. The molecule has 86 valence electrons. The molecule has 2 aromatic heterocycles. The second-order valence-electron chi connectivity index (χ2n) is 4.53. The van der Waals surface area contributed by atoms with Crippen molar-refractivity contribution >= 4 is 32.5 Å². The summed E-state index contributed by atoms with van der Waals surface area (Å²) in [4.78, 5) is 4.56. The summed E-state index contributed by atoms with van der Waals surface area (Å²) >= 11 is 3.62. The van der Waals surface area contributed by atoms with Crippen molar-refractivity contribution in [1.29, 1.82) is 0 Å². The SMILES string of the molecule is Cc1ccc2c(c1)c(C)cc1nc(C)c(Br)n12. The first-order chi connectivity index (χ1) is 8.08. The van der Waals surface area contributed by atoms with Gasteiger partial charge in [0.2, 0.25) is 0 Å². The molecule has 0 amide bonds. The lowest BCUT2D eigenvalue weighted by Crippen LogP contribution is -1.92. The van der Waals surface area contributed by atoms with Gasteiger partial charge in [0.25, 0.3) is 0 Å². The van der Waals surface area contributed by atoms with Crippen LogP contribution in [0.3, 0.4) is 0 Å². The summed E-state index contributed by atoms with van der Waals surface area (Å²) in [6, 6.07) is 8.67. The summed E-state index contributed by atoms with van der Waals surface area (Å²) in [5, 5.41) is 1.29. The molecule has 0 radical (unpaired) electrons. The van der Waals surface area contributed by atoms with Crippen molar-refractivity contribution in [2.45, 2.75) is 20.8 Å². The zero-order valence-electron chi connectivity index (χ0n) is 10.1. The maximum atomic E-state index is 4.56. The molecule has 0 aliphatic carbocycles. The molecule has 0 N–H and O–H groups in total. The van der Waals surface area contributed by atoms with Crippen molar-refractivity contribution < 1.29 is 0 Å². The zero-order chi connectivity index (χ0) is 12.2. The molecule has 0 atom stereocenters. The Labute approximate surface area is 108 Å². The van der Waals surface area contributed by atoms with E-state index in [2.05, 4.69) is 63.4 Å². The van der Waals surface area contributed by atoms with E-state index in [9.17, 15) is 0 Å². The highest BCUT2D eigenvalue weighted by Crippen LogP contribution is 2.27. The van der Waals surface area contributed by atoms with Gasteiger partial charge < -0.3 is 0 Å². The molecule has 0 saturated heterocycles. The molecule has 0 bridgehead atoms. The van der Waals surface area contributed by atoms with Crippen LogP contribution in [0.25, 0.3) is 16.6 Å². The Kier molecular flexibility index (Phi) is 2.26. The normalized spacial score (nSPS) is 11.5. The predicted octanol–water partition coefficient (Wildman–Crippen LogP) is 4.18. The molecule has 0 aliphatic rings. The number of hydrogen-bond acceptors (Lipinski definition) is 1. The largest absolute Gasteiger partial charge is 0.286 e. The number of benzene rings is 1. The molecular weight excluding hydrogens is 276 g/mol. The minimum atomic E-state index is 1.00. The van der Waals surface area contributed by atoms with Crippen molar-refractivity contribution in [2.24, 2.45) is 0 Å².